The molecule has 0 saturated heterocycles. The van der Waals surface area contributed by atoms with Gasteiger partial charge < -0.3 is 13.7 Å². The highest BCUT2D eigenvalue weighted by Crippen LogP contribution is 2.48. The van der Waals surface area contributed by atoms with Crippen molar-refractivity contribution < 1.29 is 8.83 Å². The van der Waals surface area contributed by atoms with Crippen LogP contribution in [-0.2, 0) is 0 Å². The van der Waals surface area contributed by atoms with E-state index in [9.17, 15) is 0 Å². The summed E-state index contributed by atoms with van der Waals surface area (Å²) in [6.45, 7) is 0. The molecule has 0 radical (unpaired) electrons. The Bertz CT molecular complexity index is 3560. The maximum Gasteiger partial charge on any atom is 0.145 e. The molecule has 0 spiro atoms. The SMILES string of the molecule is c1ccc(-c2ccc3c(c2)oc2ccc(N(c4ccc(-c5cccc6ccccc56)cc4)c4ccc(-c5ccccc5)c5oc6cc(-c7ccccc7)ccc6c45)cc23)cc1. The minimum absolute atomic E-state index is 0.845. The lowest BCUT2D eigenvalue weighted by molar-refractivity contribution is 0.669. The number of rotatable bonds is 7. The Hall–Kier alpha value is -8.14. The fourth-order valence-electron chi connectivity index (χ4n) is 9.11. The van der Waals surface area contributed by atoms with Gasteiger partial charge in [-0.25, -0.2) is 0 Å². The lowest BCUT2D eigenvalue weighted by Gasteiger charge is -2.27. The molecule has 2 aromatic heterocycles. The molecule has 61 heavy (non-hydrogen) atoms. The Morgan fingerprint density at radius 1 is 0.295 bits per heavy atom. The van der Waals surface area contributed by atoms with Crippen LogP contribution < -0.4 is 4.90 Å². The second kappa shape index (κ2) is 14.3. The van der Waals surface area contributed by atoms with Gasteiger partial charge in [0.25, 0.3) is 0 Å². The molecule has 12 rings (SSSR count). The number of hydrogen-bond acceptors (Lipinski definition) is 3. The van der Waals surface area contributed by atoms with E-state index < -0.39 is 0 Å². The van der Waals surface area contributed by atoms with Crippen LogP contribution in [0.1, 0.15) is 0 Å². The Balaban J connectivity index is 1.09. The molecule has 10 aromatic carbocycles. The van der Waals surface area contributed by atoms with Crippen LogP contribution in [0.15, 0.2) is 233 Å². The van der Waals surface area contributed by atoms with Gasteiger partial charge in [0.2, 0.25) is 0 Å². The molecule has 0 aliphatic heterocycles. The molecule has 12 aromatic rings. The first kappa shape index (κ1) is 34.9. The summed E-state index contributed by atoms with van der Waals surface area (Å²) in [6, 6.07) is 79.8. The van der Waals surface area contributed by atoms with Gasteiger partial charge in [-0.1, -0.05) is 158 Å². The van der Waals surface area contributed by atoms with E-state index in [2.05, 4.69) is 223 Å². The highest BCUT2D eigenvalue weighted by Gasteiger charge is 2.24. The molecule has 0 amide bonds. The molecular formula is C58H37NO2. The molecular weight excluding hydrogens is 743 g/mol. The standard InChI is InChI=1S/C58H37NO2/c1-4-13-38(14-5-1)43-25-30-50-52-37-46(29-34-54(52)60-55(50)35-43)59(45-27-23-42(24-28-45)48-22-12-20-40-19-10-11-21-47(40)48)53-33-32-49(41-17-8-3-9-18-41)58-57(53)51-31-26-44(36-56(51)61-58)39-15-6-2-7-16-39/h1-37H. The third-order valence-electron chi connectivity index (χ3n) is 12.1. The first-order valence-corrected chi connectivity index (χ1v) is 20.7. The van der Waals surface area contributed by atoms with Crippen LogP contribution in [0.5, 0.6) is 0 Å². The van der Waals surface area contributed by atoms with Crippen LogP contribution >= 0.6 is 0 Å². The number of anilines is 3. The van der Waals surface area contributed by atoms with E-state index in [-0.39, 0.29) is 0 Å². The molecule has 0 bridgehead atoms. The third-order valence-corrected chi connectivity index (χ3v) is 12.1. The van der Waals surface area contributed by atoms with Gasteiger partial charge in [-0.2, -0.15) is 0 Å². The molecule has 0 saturated carbocycles. The molecule has 0 atom stereocenters. The Kier molecular flexibility index (Phi) is 8.17. The minimum Gasteiger partial charge on any atom is -0.456 e. The smallest absolute Gasteiger partial charge is 0.145 e. The van der Waals surface area contributed by atoms with Crippen LogP contribution in [0.4, 0.5) is 17.1 Å². The lowest BCUT2D eigenvalue weighted by Crippen LogP contribution is -2.10. The van der Waals surface area contributed by atoms with E-state index in [1.807, 2.05) is 6.07 Å². The molecule has 0 aliphatic rings. The summed E-state index contributed by atoms with van der Waals surface area (Å²) in [7, 11) is 0. The van der Waals surface area contributed by atoms with Crippen molar-refractivity contribution in [1.29, 1.82) is 0 Å². The van der Waals surface area contributed by atoms with Gasteiger partial charge >= 0.3 is 0 Å². The second-order valence-electron chi connectivity index (χ2n) is 15.6. The maximum atomic E-state index is 7.00. The first-order valence-electron chi connectivity index (χ1n) is 20.7. The molecule has 0 unspecified atom stereocenters. The van der Waals surface area contributed by atoms with Gasteiger partial charge in [0.05, 0.1) is 11.1 Å². The van der Waals surface area contributed by atoms with Gasteiger partial charge in [0.15, 0.2) is 0 Å². The maximum absolute atomic E-state index is 7.00. The topological polar surface area (TPSA) is 29.5 Å². The van der Waals surface area contributed by atoms with Crippen molar-refractivity contribution in [3.8, 4) is 44.5 Å². The third kappa shape index (κ3) is 5.98. The van der Waals surface area contributed by atoms with E-state index in [4.69, 9.17) is 8.83 Å². The second-order valence-corrected chi connectivity index (χ2v) is 15.6. The van der Waals surface area contributed by atoms with E-state index >= 15 is 0 Å². The molecule has 0 aliphatic carbocycles. The Morgan fingerprint density at radius 3 is 1.59 bits per heavy atom. The minimum atomic E-state index is 0.845. The van der Waals surface area contributed by atoms with Crippen molar-refractivity contribution in [2.24, 2.45) is 0 Å². The van der Waals surface area contributed by atoms with Crippen LogP contribution in [0.25, 0.3) is 99.2 Å². The summed E-state index contributed by atoms with van der Waals surface area (Å²) < 4.78 is 13.6. The molecule has 3 heteroatoms. The summed E-state index contributed by atoms with van der Waals surface area (Å²) in [4.78, 5) is 2.38. The lowest BCUT2D eigenvalue weighted by atomic mass is 9.97. The first-order chi connectivity index (χ1) is 30.2. The highest BCUT2D eigenvalue weighted by atomic mass is 16.3. The van der Waals surface area contributed by atoms with Crippen molar-refractivity contribution in [1.82, 2.24) is 0 Å². The van der Waals surface area contributed by atoms with Gasteiger partial charge in [-0.3, -0.25) is 0 Å². The quantitative estimate of drug-likeness (QED) is 0.161. The number of furan rings is 2. The summed E-state index contributed by atoms with van der Waals surface area (Å²) in [6.07, 6.45) is 0. The normalized spacial score (nSPS) is 11.6. The van der Waals surface area contributed by atoms with E-state index in [0.717, 1.165) is 99.9 Å². The van der Waals surface area contributed by atoms with Gasteiger partial charge in [-0.15, -0.1) is 0 Å². The Labute approximate surface area is 353 Å². The van der Waals surface area contributed by atoms with Crippen LogP contribution in [0.3, 0.4) is 0 Å². The largest absolute Gasteiger partial charge is 0.456 e. The van der Waals surface area contributed by atoms with E-state index in [1.54, 1.807) is 0 Å². The molecule has 286 valence electrons. The average molecular weight is 780 g/mol. The van der Waals surface area contributed by atoms with E-state index in [0.29, 0.717) is 0 Å². The van der Waals surface area contributed by atoms with Crippen LogP contribution in [0, 0.1) is 0 Å². The number of benzene rings is 10. The fraction of sp³-hybridized carbons (Fsp3) is 0. The number of nitrogens with zero attached hydrogens (tertiary/aromatic N) is 1. The zero-order valence-corrected chi connectivity index (χ0v) is 33.1. The highest BCUT2D eigenvalue weighted by molar-refractivity contribution is 6.18. The van der Waals surface area contributed by atoms with Crippen molar-refractivity contribution in [3.63, 3.8) is 0 Å². The summed E-state index contributed by atoms with van der Waals surface area (Å²) in [5.74, 6) is 0. The molecule has 2 heterocycles. The predicted molar refractivity (Wildman–Crippen MR) is 255 cm³/mol. The number of hydrogen-bond donors (Lipinski definition) is 0. The fourth-order valence-corrected chi connectivity index (χ4v) is 9.11. The monoisotopic (exact) mass is 779 g/mol. The average Bonchev–Trinajstić information content (AvgIpc) is 3.90. The van der Waals surface area contributed by atoms with Gasteiger partial charge in [0, 0.05) is 33.1 Å². The predicted octanol–water partition coefficient (Wildman–Crippen LogP) is 16.8. The number of fused-ring (bicyclic) bond motifs is 7. The van der Waals surface area contributed by atoms with Crippen LogP contribution in [-0.4, -0.2) is 0 Å². The van der Waals surface area contributed by atoms with Crippen molar-refractivity contribution in [2.75, 3.05) is 4.90 Å². The molecule has 0 N–H and O–H groups in total. The van der Waals surface area contributed by atoms with Crippen molar-refractivity contribution in [2.45, 2.75) is 0 Å². The zero-order chi connectivity index (χ0) is 40.3. The summed E-state index contributed by atoms with van der Waals surface area (Å²) in [5.41, 5.74) is 15.6. The van der Waals surface area contributed by atoms with Crippen LogP contribution in [0.2, 0.25) is 0 Å². The van der Waals surface area contributed by atoms with Gasteiger partial charge in [0.1, 0.15) is 22.3 Å². The van der Waals surface area contributed by atoms with E-state index in [1.165, 1.54) is 16.3 Å². The summed E-state index contributed by atoms with van der Waals surface area (Å²) in [5, 5.41) is 6.72. The Morgan fingerprint density at radius 2 is 0.869 bits per heavy atom. The molecule has 3 nitrogen and oxygen atoms in total. The summed E-state index contributed by atoms with van der Waals surface area (Å²) >= 11 is 0. The molecule has 0 fully saturated rings. The van der Waals surface area contributed by atoms with Gasteiger partial charge in [-0.05, 0) is 116 Å². The van der Waals surface area contributed by atoms with Crippen molar-refractivity contribution in [3.05, 3.63) is 224 Å². The van der Waals surface area contributed by atoms with Crippen molar-refractivity contribution >= 4 is 71.7 Å². The zero-order valence-electron chi connectivity index (χ0n) is 33.1.